The molecule has 55 heavy (non-hydrogen) atoms. The molecular weight excluding hydrogens is 733 g/mol. The molecule has 17 heteroatoms. The van der Waals surface area contributed by atoms with E-state index >= 15 is 0 Å². The van der Waals surface area contributed by atoms with Gasteiger partial charge in [0.25, 0.3) is 11.8 Å². The molecule has 0 saturated carbocycles. The molecule has 0 bridgehead atoms. The van der Waals surface area contributed by atoms with E-state index in [-0.39, 0.29) is 45.3 Å². The van der Waals surface area contributed by atoms with E-state index in [1.807, 2.05) is 49.6 Å². The Hall–Kier alpha value is -5.45. The fourth-order valence-corrected chi connectivity index (χ4v) is 6.81. The lowest BCUT2D eigenvalue weighted by Gasteiger charge is -2.31. The predicted molar refractivity (Wildman–Crippen MR) is 200 cm³/mol. The highest BCUT2D eigenvalue weighted by atomic mass is 32.2. The number of alkyl carbamates (subject to hydrolysis) is 1. The minimum absolute atomic E-state index is 0.0265. The zero-order chi connectivity index (χ0) is 39.7. The molecule has 296 valence electrons. The maximum Gasteiger partial charge on any atom is 0.408 e. The molecule has 0 aromatic heterocycles. The number of carbonyl (C=O) groups excluding carboxylic acids is 8. The smallest absolute Gasteiger partial charge is 0.408 e. The average Bonchev–Trinajstić information content (AvgIpc) is 3.64. The molecule has 2 heterocycles. The number of hydrogen-bond donors (Lipinski definition) is 4. The highest BCUT2D eigenvalue weighted by Crippen LogP contribution is 2.25. The van der Waals surface area contributed by atoms with Gasteiger partial charge in [0.15, 0.2) is 0 Å². The van der Waals surface area contributed by atoms with Crippen LogP contribution < -0.4 is 21.3 Å². The van der Waals surface area contributed by atoms with E-state index in [4.69, 9.17) is 9.57 Å². The van der Waals surface area contributed by atoms with Crippen LogP contribution in [0.25, 0.3) is 0 Å². The van der Waals surface area contributed by atoms with Crippen LogP contribution in [0.1, 0.15) is 63.0 Å². The summed E-state index contributed by atoms with van der Waals surface area (Å²) in [4.78, 5) is 108. The van der Waals surface area contributed by atoms with Gasteiger partial charge in [-0.2, -0.15) is 11.8 Å². The van der Waals surface area contributed by atoms with Gasteiger partial charge in [-0.05, 0) is 62.2 Å². The Kier molecular flexibility index (Phi) is 16.5. The van der Waals surface area contributed by atoms with Gasteiger partial charge in [0.05, 0.1) is 0 Å². The van der Waals surface area contributed by atoms with E-state index in [1.54, 1.807) is 24.3 Å². The van der Waals surface area contributed by atoms with E-state index < -0.39 is 71.8 Å². The molecule has 2 fully saturated rings. The van der Waals surface area contributed by atoms with Crippen molar-refractivity contribution in [2.45, 2.75) is 95.1 Å². The fourth-order valence-electron chi connectivity index (χ4n) is 6.34. The topological polar surface area (TPSA) is 210 Å². The van der Waals surface area contributed by atoms with Gasteiger partial charge in [-0.15, -0.1) is 5.06 Å². The minimum atomic E-state index is -1.27. The molecule has 4 rings (SSSR count). The molecule has 1 unspecified atom stereocenters. The van der Waals surface area contributed by atoms with Gasteiger partial charge in [0.1, 0.15) is 30.8 Å². The zero-order valence-corrected chi connectivity index (χ0v) is 31.7. The van der Waals surface area contributed by atoms with Crippen molar-refractivity contribution in [3.05, 3.63) is 71.8 Å². The first-order valence-electron chi connectivity index (χ1n) is 18.2. The van der Waals surface area contributed by atoms with Crippen LogP contribution in [0.3, 0.4) is 0 Å². The molecule has 2 aliphatic heterocycles. The van der Waals surface area contributed by atoms with E-state index in [0.717, 1.165) is 11.1 Å². The molecule has 0 aliphatic carbocycles. The maximum atomic E-state index is 13.8. The van der Waals surface area contributed by atoms with Gasteiger partial charge < -0.3 is 35.7 Å². The van der Waals surface area contributed by atoms with Crippen molar-refractivity contribution >= 4 is 59.8 Å². The summed E-state index contributed by atoms with van der Waals surface area (Å²) < 4.78 is 5.25. The highest BCUT2D eigenvalue weighted by Gasteiger charge is 2.44. The summed E-state index contributed by atoms with van der Waals surface area (Å²) in [6.07, 6.45) is 2.78. The van der Waals surface area contributed by atoms with E-state index in [2.05, 4.69) is 21.3 Å². The Labute approximate surface area is 323 Å². The first-order chi connectivity index (χ1) is 26.5. The van der Waals surface area contributed by atoms with Crippen LogP contribution in [-0.4, -0.2) is 107 Å². The molecule has 7 amide bonds. The van der Waals surface area contributed by atoms with Gasteiger partial charge >= 0.3 is 12.1 Å². The second kappa shape index (κ2) is 21.4. The summed E-state index contributed by atoms with van der Waals surface area (Å²) in [6.45, 7) is 1.90. The van der Waals surface area contributed by atoms with Crippen molar-refractivity contribution in [1.82, 2.24) is 31.2 Å². The fraction of sp³-hybridized carbons (Fsp3) is 0.474. The third-order valence-electron chi connectivity index (χ3n) is 9.22. The van der Waals surface area contributed by atoms with Crippen LogP contribution in [-0.2, 0) is 56.2 Å². The summed E-state index contributed by atoms with van der Waals surface area (Å²) in [5, 5.41) is 11.0. The number of imide groups is 1. The first kappa shape index (κ1) is 42.3. The lowest BCUT2D eigenvalue weighted by Crippen LogP contribution is -2.54. The van der Waals surface area contributed by atoms with Gasteiger partial charge in [-0.3, -0.25) is 28.8 Å². The number of amides is 7. The van der Waals surface area contributed by atoms with Crippen LogP contribution in [0.5, 0.6) is 0 Å². The van der Waals surface area contributed by atoms with Crippen molar-refractivity contribution in [2.24, 2.45) is 0 Å². The highest BCUT2D eigenvalue weighted by molar-refractivity contribution is 7.98. The van der Waals surface area contributed by atoms with Crippen molar-refractivity contribution < 1.29 is 47.9 Å². The molecule has 0 spiro atoms. The average molecular weight is 781 g/mol. The molecular formula is C38H48N6O10S. The van der Waals surface area contributed by atoms with Crippen molar-refractivity contribution in [2.75, 3.05) is 18.6 Å². The molecule has 16 nitrogen and oxygen atoms in total. The van der Waals surface area contributed by atoms with Gasteiger partial charge in [0, 0.05) is 31.8 Å². The summed E-state index contributed by atoms with van der Waals surface area (Å²) in [5.74, 6) is -3.02. The Balaban J connectivity index is 1.37. The lowest BCUT2D eigenvalue weighted by atomic mass is 10.0. The van der Waals surface area contributed by atoms with Crippen LogP contribution in [0.4, 0.5) is 4.79 Å². The number of hydrogen-bond acceptors (Lipinski definition) is 11. The standard InChI is InChI=1S/C38H48N6O10S/c1-25-21-30(41-34(48)28(40-24-45)18-20-55-2)36(50)43(25)31(22-26-11-5-3-6-12-26)35(49)39-19-10-9-15-29(37(51)54-44-32(46)16-17-33(44)47)42-38(52)53-23-27-13-7-4-8-14-27/h3-8,11-14,24-25,28-31H,9-10,15-23H2,1-2H3,(H,39,49)(H,40,45)(H,41,48)(H,42,52)/t25?,28-,29-,30-,31-/m0/s1. The van der Waals surface area contributed by atoms with Gasteiger partial charge in [-0.1, -0.05) is 60.7 Å². The molecule has 0 radical (unpaired) electrons. The molecule has 2 aliphatic rings. The van der Waals surface area contributed by atoms with E-state index in [0.29, 0.717) is 36.5 Å². The normalized spacial score (nSPS) is 18.3. The second-order valence-electron chi connectivity index (χ2n) is 13.3. The number of nitrogens with one attached hydrogen (secondary N) is 4. The van der Waals surface area contributed by atoms with Gasteiger partial charge in [0.2, 0.25) is 24.1 Å². The maximum absolute atomic E-state index is 13.8. The number of rotatable bonds is 21. The third kappa shape index (κ3) is 12.6. The number of unbranched alkanes of at least 4 members (excludes halogenated alkanes) is 1. The number of hydroxylamine groups is 2. The van der Waals surface area contributed by atoms with Crippen molar-refractivity contribution in [1.29, 1.82) is 0 Å². The van der Waals surface area contributed by atoms with Crippen LogP contribution >= 0.6 is 11.8 Å². The van der Waals surface area contributed by atoms with E-state index in [9.17, 15) is 38.4 Å². The van der Waals surface area contributed by atoms with Gasteiger partial charge in [-0.25, -0.2) is 9.59 Å². The van der Waals surface area contributed by atoms with E-state index in [1.165, 1.54) is 16.7 Å². The number of benzene rings is 2. The number of ether oxygens (including phenoxy) is 1. The molecule has 4 N–H and O–H groups in total. The SMILES string of the molecule is CSCC[C@H](NC=O)C(=O)N[C@H]1CC(C)N([C@@H](Cc2ccccc2)C(=O)NCCCC[C@H](NC(=O)OCc2ccccc2)C(=O)ON2C(=O)CCC2=O)C1=O. The Bertz CT molecular complexity index is 1650. The molecule has 2 aromatic rings. The van der Waals surface area contributed by atoms with Crippen molar-refractivity contribution in [3.8, 4) is 0 Å². The number of likely N-dealkylation sites (tertiary alicyclic amines) is 1. The Morgan fingerprint density at radius 3 is 2.18 bits per heavy atom. The Morgan fingerprint density at radius 1 is 0.891 bits per heavy atom. The van der Waals surface area contributed by atoms with Crippen LogP contribution in [0.2, 0.25) is 0 Å². The summed E-state index contributed by atoms with van der Waals surface area (Å²) in [5.41, 5.74) is 1.54. The Morgan fingerprint density at radius 2 is 1.55 bits per heavy atom. The first-order valence-corrected chi connectivity index (χ1v) is 19.6. The molecule has 2 aromatic carbocycles. The quantitative estimate of drug-likeness (QED) is 0.0815. The number of carbonyl (C=O) groups is 8. The van der Waals surface area contributed by atoms with Crippen LogP contribution in [0.15, 0.2) is 60.7 Å². The summed E-state index contributed by atoms with van der Waals surface area (Å²) in [7, 11) is 0. The van der Waals surface area contributed by atoms with Crippen molar-refractivity contribution in [3.63, 3.8) is 0 Å². The zero-order valence-electron chi connectivity index (χ0n) is 30.9. The second-order valence-corrected chi connectivity index (χ2v) is 14.2. The third-order valence-corrected chi connectivity index (χ3v) is 9.87. The lowest BCUT2D eigenvalue weighted by molar-refractivity contribution is -0.199. The van der Waals surface area contributed by atoms with Crippen LogP contribution in [0, 0.1) is 0 Å². The summed E-state index contributed by atoms with van der Waals surface area (Å²) >= 11 is 1.52. The molecule has 5 atom stereocenters. The molecule has 2 saturated heterocycles. The monoisotopic (exact) mass is 780 g/mol. The summed E-state index contributed by atoms with van der Waals surface area (Å²) in [6, 6.07) is 13.9. The largest absolute Gasteiger partial charge is 0.445 e. The minimum Gasteiger partial charge on any atom is -0.445 e. The number of thioether (sulfide) groups is 1. The number of nitrogens with zero attached hydrogens (tertiary/aromatic N) is 2. The predicted octanol–water partition coefficient (Wildman–Crippen LogP) is 1.76.